The highest BCUT2D eigenvalue weighted by Crippen LogP contribution is 2.36. The van der Waals surface area contributed by atoms with Crippen LogP contribution in [0.15, 0.2) is 48.8 Å². The molecule has 3 atom stereocenters. The Labute approximate surface area is 147 Å². The zero-order valence-corrected chi connectivity index (χ0v) is 14.3. The first-order chi connectivity index (χ1) is 12.2. The molecule has 0 aliphatic carbocycles. The van der Waals surface area contributed by atoms with Crippen molar-refractivity contribution in [3.63, 3.8) is 0 Å². The summed E-state index contributed by atoms with van der Waals surface area (Å²) in [6.45, 7) is 2.87. The maximum atomic E-state index is 11.3. The van der Waals surface area contributed by atoms with E-state index in [-0.39, 0.29) is 28.9 Å². The van der Waals surface area contributed by atoms with Gasteiger partial charge in [0.15, 0.2) is 0 Å². The van der Waals surface area contributed by atoms with E-state index in [0.29, 0.717) is 12.0 Å². The van der Waals surface area contributed by atoms with Crippen molar-refractivity contribution in [3.05, 3.63) is 70.0 Å². The lowest BCUT2D eigenvalue weighted by Gasteiger charge is -2.35. The van der Waals surface area contributed by atoms with Gasteiger partial charge in [-0.25, -0.2) is 0 Å². The van der Waals surface area contributed by atoms with Gasteiger partial charge in [-0.15, -0.1) is 0 Å². The van der Waals surface area contributed by atoms with Crippen molar-refractivity contribution in [2.45, 2.75) is 51.0 Å². The lowest BCUT2D eigenvalue weighted by atomic mass is 9.92. The number of ether oxygens (including phenoxy) is 1. The lowest BCUT2D eigenvalue weighted by Crippen LogP contribution is -2.40. The normalized spacial score (nSPS) is 23.3. The zero-order valence-electron chi connectivity index (χ0n) is 14.3. The molecule has 0 radical (unpaired) electrons. The summed E-state index contributed by atoms with van der Waals surface area (Å²) in [5.74, 6) is 0. The first-order valence-electron chi connectivity index (χ1n) is 8.68. The highest BCUT2D eigenvalue weighted by molar-refractivity contribution is 5.39. The highest BCUT2D eigenvalue weighted by atomic mass is 16.6. The van der Waals surface area contributed by atoms with E-state index in [1.807, 2.05) is 18.2 Å². The number of aromatic nitrogens is 1. The predicted molar refractivity (Wildman–Crippen MR) is 95.1 cm³/mol. The van der Waals surface area contributed by atoms with E-state index in [1.54, 1.807) is 12.3 Å². The number of nitrogens with one attached hydrogen (secondary N) is 1. The van der Waals surface area contributed by atoms with Crippen molar-refractivity contribution in [1.82, 2.24) is 10.3 Å². The van der Waals surface area contributed by atoms with Crippen molar-refractivity contribution in [2.75, 3.05) is 0 Å². The second-order valence-corrected chi connectivity index (χ2v) is 6.38. The van der Waals surface area contributed by atoms with Gasteiger partial charge >= 0.3 is 0 Å². The van der Waals surface area contributed by atoms with E-state index in [2.05, 4.69) is 29.4 Å². The number of rotatable bonds is 6. The maximum Gasteiger partial charge on any atom is 0.293 e. The van der Waals surface area contributed by atoms with Gasteiger partial charge in [-0.2, -0.15) is 0 Å². The molecule has 0 spiro atoms. The number of nitrogens with zero attached hydrogens (tertiary/aromatic N) is 2. The van der Waals surface area contributed by atoms with Crippen LogP contribution in [0.4, 0.5) is 5.69 Å². The summed E-state index contributed by atoms with van der Waals surface area (Å²) < 4.78 is 6.12. The van der Waals surface area contributed by atoms with Gasteiger partial charge < -0.3 is 10.1 Å². The Morgan fingerprint density at radius 1 is 1.28 bits per heavy atom. The van der Waals surface area contributed by atoms with Crippen molar-refractivity contribution >= 4 is 5.69 Å². The third-order valence-electron chi connectivity index (χ3n) is 4.67. The van der Waals surface area contributed by atoms with Gasteiger partial charge in [-0.05, 0) is 30.9 Å². The molecule has 132 valence electrons. The van der Waals surface area contributed by atoms with Gasteiger partial charge in [-0.1, -0.05) is 37.3 Å². The van der Waals surface area contributed by atoms with Crippen molar-refractivity contribution in [3.8, 4) is 0 Å². The highest BCUT2D eigenvalue weighted by Gasteiger charge is 2.33. The number of hydrogen-bond acceptors (Lipinski definition) is 5. The van der Waals surface area contributed by atoms with Crippen LogP contribution in [0.25, 0.3) is 0 Å². The topological polar surface area (TPSA) is 77.3 Å². The molecule has 0 amide bonds. The number of hydrogen-bond donors (Lipinski definition) is 1. The summed E-state index contributed by atoms with van der Waals surface area (Å²) in [6.07, 6.45) is 5.23. The van der Waals surface area contributed by atoms with Crippen LogP contribution in [0.5, 0.6) is 0 Å². The summed E-state index contributed by atoms with van der Waals surface area (Å²) >= 11 is 0. The number of benzene rings is 1. The molecule has 2 heterocycles. The Morgan fingerprint density at radius 2 is 2.08 bits per heavy atom. The molecule has 3 rings (SSSR count). The summed E-state index contributed by atoms with van der Waals surface area (Å²) in [6, 6.07) is 12.2. The third-order valence-corrected chi connectivity index (χ3v) is 4.67. The minimum Gasteiger partial charge on any atom is -0.370 e. The standard InChI is InChI=1S/C19H23N3O3/c1-2-16-10-15(21-12-14-6-4-3-5-7-14)11-19(25-16)17-8-9-20-13-18(17)22(23)24/h3-9,13,15-16,19,21H,2,10-12H2,1H3. The third kappa shape index (κ3) is 4.41. The smallest absolute Gasteiger partial charge is 0.293 e. The minimum atomic E-state index is -0.381. The Balaban J connectivity index is 1.73. The quantitative estimate of drug-likeness (QED) is 0.639. The molecule has 1 N–H and O–H groups in total. The monoisotopic (exact) mass is 341 g/mol. The summed E-state index contributed by atoms with van der Waals surface area (Å²) in [5.41, 5.74) is 1.88. The van der Waals surface area contributed by atoms with Crippen LogP contribution in [0.1, 0.15) is 43.4 Å². The number of nitro groups is 1. The van der Waals surface area contributed by atoms with Crippen LogP contribution in [0.2, 0.25) is 0 Å². The van der Waals surface area contributed by atoms with E-state index in [1.165, 1.54) is 11.8 Å². The summed E-state index contributed by atoms with van der Waals surface area (Å²) in [7, 11) is 0. The summed E-state index contributed by atoms with van der Waals surface area (Å²) in [5, 5.41) is 14.9. The van der Waals surface area contributed by atoms with Gasteiger partial charge in [0.25, 0.3) is 5.69 Å². The molecular formula is C19H23N3O3. The van der Waals surface area contributed by atoms with Crippen LogP contribution in [0.3, 0.4) is 0 Å². The molecule has 2 aromatic rings. The average Bonchev–Trinajstić information content (AvgIpc) is 2.67. The second-order valence-electron chi connectivity index (χ2n) is 6.38. The van der Waals surface area contributed by atoms with Crippen LogP contribution >= 0.6 is 0 Å². The number of pyridine rings is 1. The molecule has 1 aromatic carbocycles. The summed E-state index contributed by atoms with van der Waals surface area (Å²) in [4.78, 5) is 14.8. The minimum absolute atomic E-state index is 0.0334. The Morgan fingerprint density at radius 3 is 2.80 bits per heavy atom. The van der Waals surface area contributed by atoms with Gasteiger partial charge in [-0.3, -0.25) is 15.1 Å². The molecule has 6 heteroatoms. The SMILES string of the molecule is CCC1CC(NCc2ccccc2)CC(c2ccncc2[N+](=O)[O-])O1. The maximum absolute atomic E-state index is 11.3. The van der Waals surface area contributed by atoms with Crippen molar-refractivity contribution in [1.29, 1.82) is 0 Å². The first-order valence-corrected chi connectivity index (χ1v) is 8.68. The molecule has 1 aliphatic heterocycles. The van der Waals surface area contributed by atoms with E-state index >= 15 is 0 Å². The fourth-order valence-corrected chi connectivity index (χ4v) is 3.32. The first kappa shape index (κ1) is 17.5. The van der Waals surface area contributed by atoms with Gasteiger partial charge in [0, 0.05) is 18.8 Å². The Kier molecular flexibility index (Phi) is 5.73. The zero-order chi connectivity index (χ0) is 17.6. The molecular weight excluding hydrogens is 318 g/mol. The van der Waals surface area contributed by atoms with E-state index in [4.69, 9.17) is 4.74 Å². The Hall–Kier alpha value is -2.31. The molecule has 3 unspecified atom stereocenters. The van der Waals surface area contributed by atoms with E-state index < -0.39 is 0 Å². The van der Waals surface area contributed by atoms with Gasteiger partial charge in [0.1, 0.15) is 6.20 Å². The van der Waals surface area contributed by atoms with E-state index in [9.17, 15) is 10.1 Å². The van der Waals surface area contributed by atoms with Crippen LogP contribution < -0.4 is 5.32 Å². The second kappa shape index (κ2) is 8.18. The molecule has 1 aliphatic rings. The van der Waals surface area contributed by atoms with Crippen molar-refractivity contribution in [2.24, 2.45) is 0 Å². The molecule has 1 fully saturated rings. The fourth-order valence-electron chi connectivity index (χ4n) is 3.32. The van der Waals surface area contributed by atoms with Crippen molar-refractivity contribution < 1.29 is 9.66 Å². The van der Waals surface area contributed by atoms with Crippen LogP contribution in [0, 0.1) is 10.1 Å². The molecule has 0 saturated carbocycles. The molecule has 0 bridgehead atoms. The molecule has 1 saturated heterocycles. The molecule has 25 heavy (non-hydrogen) atoms. The van der Waals surface area contributed by atoms with Crippen LogP contribution in [-0.4, -0.2) is 22.1 Å². The molecule has 1 aromatic heterocycles. The largest absolute Gasteiger partial charge is 0.370 e. The lowest BCUT2D eigenvalue weighted by molar-refractivity contribution is -0.386. The van der Waals surface area contributed by atoms with E-state index in [0.717, 1.165) is 19.4 Å². The molecule has 6 nitrogen and oxygen atoms in total. The average molecular weight is 341 g/mol. The van der Waals surface area contributed by atoms with Gasteiger partial charge in [0.05, 0.1) is 22.7 Å². The van der Waals surface area contributed by atoms with Gasteiger partial charge in [0.2, 0.25) is 0 Å². The Bertz CT molecular complexity index is 708. The predicted octanol–water partition coefficient (Wildman–Crippen LogP) is 3.78. The van der Waals surface area contributed by atoms with Crippen LogP contribution in [-0.2, 0) is 11.3 Å². The fraction of sp³-hybridized carbons (Fsp3) is 0.421.